The number of aromatic nitrogens is 2. The summed E-state index contributed by atoms with van der Waals surface area (Å²) in [6.45, 7) is 4.62. The average molecular weight is 337 g/mol. The van der Waals surface area contributed by atoms with Crippen molar-refractivity contribution < 1.29 is 10.0 Å². The van der Waals surface area contributed by atoms with E-state index >= 15 is 0 Å². The van der Waals surface area contributed by atoms with Crippen LogP contribution < -0.4 is 0 Å². The van der Waals surface area contributed by atoms with Gasteiger partial charge in [0.1, 0.15) is 5.82 Å². The molecule has 1 aromatic heterocycles. The Kier molecular flexibility index (Phi) is 6.78. The predicted molar refractivity (Wildman–Crippen MR) is 93.7 cm³/mol. The smallest absolute Gasteiger partial charge is 0.213 e. The monoisotopic (exact) mass is 337 g/mol. The van der Waals surface area contributed by atoms with E-state index in [4.69, 9.17) is 0 Å². The molecule has 1 unspecified atom stereocenters. The highest BCUT2D eigenvalue weighted by molar-refractivity contribution is 5.14. The maximum Gasteiger partial charge on any atom is 0.213 e. The lowest BCUT2D eigenvalue weighted by atomic mass is 9.84. The van der Waals surface area contributed by atoms with Crippen molar-refractivity contribution in [2.24, 2.45) is 13.0 Å². The van der Waals surface area contributed by atoms with Crippen LogP contribution in [0.15, 0.2) is 6.20 Å². The van der Waals surface area contributed by atoms with Crippen LogP contribution in [0.5, 0.6) is 0 Å². The first kappa shape index (κ1) is 18.9. The van der Waals surface area contributed by atoms with E-state index < -0.39 is 0 Å². The fourth-order valence-electron chi connectivity index (χ4n) is 4.13. The lowest BCUT2D eigenvalue weighted by Gasteiger charge is -2.25. The van der Waals surface area contributed by atoms with Gasteiger partial charge in [-0.15, -0.1) is 0 Å². The van der Waals surface area contributed by atoms with Gasteiger partial charge in [0.15, 0.2) is 0 Å². The minimum Gasteiger partial charge on any atom is -0.396 e. The summed E-state index contributed by atoms with van der Waals surface area (Å²) < 4.78 is 2.20. The number of hydrogen-bond donors (Lipinski definition) is 1. The molecule has 6 nitrogen and oxygen atoms in total. The Bertz CT molecular complexity index is 536. The number of nitrogens with zero attached hydrogens (tertiary/aromatic N) is 3. The molecule has 1 N–H and O–H groups in total. The summed E-state index contributed by atoms with van der Waals surface area (Å²) in [5, 5.41) is 20.1. The molecule has 2 rings (SSSR count). The van der Waals surface area contributed by atoms with Gasteiger partial charge in [-0.1, -0.05) is 20.3 Å². The highest BCUT2D eigenvalue weighted by Crippen LogP contribution is 2.35. The second-order valence-corrected chi connectivity index (χ2v) is 7.31. The van der Waals surface area contributed by atoms with Gasteiger partial charge >= 0.3 is 0 Å². The summed E-state index contributed by atoms with van der Waals surface area (Å²) in [6.07, 6.45) is 8.02. The Morgan fingerprint density at radius 1 is 1.42 bits per heavy atom. The zero-order chi connectivity index (χ0) is 17.7. The molecule has 0 amide bonds. The summed E-state index contributed by atoms with van der Waals surface area (Å²) in [5.74, 6) is 2.37. The van der Waals surface area contributed by atoms with E-state index in [1.807, 2.05) is 6.20 Å². The van der Waals surface area contributed by atoms with Crippen molar-refractivity contribution in [3.05, 3.63) is 27.8 Å². The van der Waals surface area contributed by atoms with Gasteiger partial charge in [0.05, 0.1) is 0 Å². The van der Waals surface area contributed by atoms with Crippen LogP contribution >= 0.6 is 0 Å². The van der Waals surface area contributed by atoms with Crippen molar-refractivity contribution in [3.8, 4) is 0 Å². The normalized spacial score (nSPS) is 23.8. The maximum absolute atomic E-state index is 10.9. The SMILES string of the molecule is CCC(CCO)C[C@H](C)c1ncc(C2CCC([N+](=O)[O-])CC2)n1C. The van der Waals surface area contributed by atoms with Crippen molar-refractivity contribution >= 4 is 0 Å². The van der Waals surface area contributed by atoms with Crippen molar-refractivity contribution in [3.63, 3.8) is 0 Å². The van der Waals surface area contributed by atoms with Crippen LogP contribution in [-0.2, 0) is 7.05 Å². The molecule has 1 aliphatic carbocycles. The van der Waals surface area contributed by atoms with Gasteiger partial charge in [-0.25, -0.2) is 4.98 Å². The molecule has 0 bridgehead atoms. The third kappa shape index (κ3) is 4.35. The molecule has 0 radical (unpaired) electrons. The lowest BCUT2D eigenvalue weighted by Crippen LogP contribution is -2.26. The highest BCUT2D eigenvalue weighted by Gasteiger charge is 2.31. The van der Waals surface area contributed by atoms with Crippen molar-refractivity contribution in [2.75, 3.05) is 6.61 Å². The van der Waals surface area contributed by atoms with E-state index in [1.54, 1.807) is 0 Å². The molecular weight excluding hydrogens is 306 g/mol. The molecule has 0 saturated heterocycles. The number of rotatable bonds is 8. The molecule has 0 aromatic carbocycles. The second kappa shape index (κ2) is 8.60. The molecule has 1 fully saturated rings. The summed E-state index contributed by atoms with van der Waals surface area (Å²) >= 11 is 0. The van der Waals surface area contributed by atoms with Crippen LogP contribution in [0, 0.1) is 16.0 Å². The standard InChI is InChI=1S/C18H31N3O3/c1-4-14(9-10-22)11-13(2)18-19-12-17(20(18)3)15-5-7-16(8-6-15)21(23)24/h12-16,22H,4-11H2,1-3H3/t13-,14?,15?,16?/m0/s1. The van der Waals surface area contributed by atoms with E-state index in [9.17, 15) is 15.2 Å². The van der Waals surface area contributed by atoms with Gasteiger partial charge in [-0.2, -0.15) is 0 Å². The molecule has 1 saturated carbocycles. The summed E-state index contributed by atoms with van der Waals surface area (Å²) in [7, 11) is 2.07. The van der Waals surface area contributed by atoms with Gasteiger partial charge in [0, 0.05) is 55.1 Å². The Balaban J connectivity index is 2.01. The number of aliphatic hydroxyl groups is 1. The first-order valence-electron chi connectivity index (χ1n) is 9.23. The van der Waals surface area contributed by atoms with Gasteiger partial charge in [-0.05, 0) is 31.6 Å². The molecule has 0 spiro atoms. The first-order valence-corrected chi connectivity index (χ1v) is 9.23. The predicted octanol–water partition coefficient (Wildman–Crippen LogP) is 3.63. The number of imidazole rings is 1. The molecule has 0 aliphatic heterocycles. The van der Waals surface area contributed by atoms with Crippen LogP contribution in [0.2, 0.25) is 0 Å². The Morgan fingerprint density at radius 3 is 2.62 bits per heavy atom. The summed E-state index contributed by atoms with van der Waals surface area (Å²) in [6, 6.07) is -0.364. The van der Waals surface area contributed by atoms with Crippen LogP contribution in [0.1, 0.15) is 82.1 Å². The summed E-state index contributed by atoms with van der Waals surface area (Å²) in [4.78, 5) is 15.4. The van der Waals surface area contributed by atoms with Crippen LogP contribution in [0.25, 0.3) is 0 Å². The summed E-state index contributed by atoms with van der Waals surface area (Å²) in [5.41, 5.74) is 1.22. The van der Waals surface area contributed by atoms with Crippen LogP contribution in [0.4, 0.5) is 0 Å². The molecule has 1 heterocycles. The first-order chi connectivity index (χ1) is 11.5. The van der Waals surface area contributed by atoms with E-state index in [-0.39, 0.29) is 17.6 Å². The molecule has 136 valence electrons. The Morgan fingerprint density at radius 2 is 2.08 bits per heavy atom. The largest absolute Gasteiger partial charge is 0.396 e. The number of hydrogen-bond acceptors (Lipinski definition) is 4. The highest BCUT2D eigenvalue weighted by atomic mass is 16.6. The fraction of sp³-hybridized carbons (Fsp3) is 0.833. The minimum atomic E-state index is -0.364. The van der Waals surface area contributed by atoms with Crippen LogP contribution in [-0.4, -0.2) is 32.2 Å². The quantitative estimate of drug-likeness (QED) is 0.580. The molecule has 24 heavy (non-hydrogen) atoms. The third-order valence-corrected chi connectivity index (χ3v) is 5.72. The number of aliphatic hydroxyl groups excluding tert-OH is 1. The minimum absolute atomic E-state index is 0.126. The van der Waals surface area contributed by atoms with Crippen LogP contribution in [0.3, 0.4) is 0 Å². The van der Waals surface area contributed by atoms with Crippen molar-refractivity contribution in [2.45, 2.75) is 76.7 Å². The lowest BCUT2D eigenvalue weighted by molar-refractivity contribution is -0.526. The Labute approximate surface area is 144 Å². The van der Waals surface area contributed by atoms with Gasteiger partial charge in [0.25, 0.3) is 0 Å². The zero-order valence-corrected chi connectivity index (χ0v) is 15.1. The van der Waals surface area contributed by atoms with E-state index in [0.717, 1.165) is 37.9 Å². The van der Waals surface area contributed by atoms with Crippen molar-refractivity contribution in [1.29, 1.82) is 0 Å². The second-order valence-electron chi connectivity index (χ2n) is 7.31. The number of nitro groups is 1. The third-order valence-electron chi connectivity index (χ3n) is 5.72. The van der Waals surface area contributed by atoms with Gasteiger partial charge in [0.2, 0.25) is 6.04 Å². The van der Waals surface area contributed by atoms with Gasteiger partial charge in [-0.3, -0.25) is 10.1 Å². The zero-order valence-electron chi connectivity index (χ0n) is 15.1. The van der Waals surface area contributed by atoms with E-state index in [0.29, 0.717) is 30.6 Å². The van der Waals surface area contributed by atoms with Gasteiger partial charge < -0.3 is 9.67 Å². The topological polar surface area (TPSA) is 81.2 Å². The molecule has 1 aliphatic rings. The maximum atomic E-state index is 10.9. The van der Waals surface area contributed by atoms with E-state index in [2.05, 4.69) is 30.4 Å². The molecule has 6 heteroatoms. The Hall–Kier alpha value is -1.43. The molecule has 2 atom stereocenters. The average Bonchev–Trinajstić information content (AvgIpc) is 2.96. The fourth-order valence-corrected chi connectivity index (χ4v) is 4.13. The van der Waals surface area contributed by atoms with Crippen molar-refractivity contribution in [1.82, 2.24) is 9.55 Å². The molecule has 1 aromatic rings. The van der Waals surface area contributed by atoms with E-state index in [1.165, 1.54) is 5.69 Å². The molecular formula is C18H31N3O3.